The molecule has 0 bridgehead atoms. The zero-order valence-corrected chi connectivity index (χ0v) is 20.6. The molecule has 1 N–H and O–H groups in total. The molecule has 9 heteroatoms. The van der Waals surface area contributed by atoms with Gasteiger partial charge in [-0.2, -0.15) is 8.42 Å². The maximum Gasteiger partial charge on any atom is 0.286 e. The molecule has 0 spiro atoms. The molecule has 0 saturated heterocycles. The fourth-order valence-corrected chi connectivity index (χ4v) is 5.03. The highest BCUT2D eigenvalue weighted by Gasteiger charge is 2.32. The number of carbonyl (C=O) groups is 1. The number of nitrogens with zero attached hydrogens (tertiary/aromatic N) is 2. The number of hydrogen-bond acceptors (Lipinski definition) is 6. The first kappa shape index (κ1) is 24.3. The highest BCUT2D eigenvalue weighted by Crippen LogP contribution is 2.36. The third kappa shape index (κ3) is 5.14. The standard InChI is InChI=1S/C26H27N3O5S/c1-4-5-16-29-23-15-10-20(27-26(30)19-8-13-22(34-3)14-9-19)17-24(23)35(31,32)28-25(29)18-6-11-21(33-2)12-7-18/h6-15,17H,4-5,16H2,1-3H3,(H,27,30). The summed E-state index contributed by atoms with van der Waals surface area (Å²) in [5.41, 5.74) is 2.00. The van der Waals surface area contributed by atoms with E-state index in [0.717, 1.165) is 12.8 Å². The summed E-state index contributed by atoms with van der Waals surface area (Å²) >= 11 is 0. The normalized spacial score (nSPS) is 14.0. The summed E-state index contributed by atoms with van der Waals surface area (Å²) in [5.74, 6) is 1.32. The lowest BCUT2D eigenvalue weighted by molar-refractivity contribution is 0.102. The highest BCUT2D eigenvalue weighted by molar-refractivity contribution is 7.90. The van der Waals surface area contributed by atoms with E-state index in [0.29, 0.717) is 46.4 Å². The first-order chi connectivity index (χ1) is 16.9. The fraction of sp³-hybridized carbons (Fsp3) is 0.231. The number of ether oxygens (including phenoxy) is 2. The minimum Gasteiger partial charge on any atom is -0.497 e. The van der Waals surface area contributed by atoms with Crippen LogP contribution in [0.3, 0.4) is 0 Å². The van der Waals surface area contributed by atoms with Gasteiger partial charge in [0.1, 0.15) is 16.4 Å². The van der Waals surface area contributed by atoms with Gasteiger partial charge in [0.2, 0.25) is 0 Å². The smallest absolute Gasteiger partial charge is 0.286 e. The minimum atomic E-state index is -4.00. The highest BCUT2D eigenvalue weighted by atomic mass is 32.2. The molecule has 3 aromatic rings. The largest absolute Gasteiger partial charge is 0.497 e. The van der Waals surface area contributed by atoms with E-state index in [1.807, 2.05) is 4.90 Å². The first-order valence-corrected chi connectivity index (χ1v) is 12.7. The molecular weight excluding hydrogens is 466 g/mol. The Balaban J connectivity index is 1.68. The molecule has 4 rings (SSSR count). The molecule has 1 aliphatic rings. The second-order valence-electron chi connectivity index (χ2n) is 7.99. The van der Waals surface area contributed by atoms with E-state index >= 15 is 0 Å². The minimum absolute atomic E-state index is 0.0541. The molecule has 182 valence electrons. The van der Waals surface area contributed by atoms with Gasteiger partial charge < -0.3 is 19.7 Å². The van der Waals surface area contributed by atoms with Gasteiger partial charge in [-0.25, -0.2) is 0 Å². The molecule has 35 heavy (non-hydrogen) atoms. The van der Waals surface area contributed by atoms with Crippen molar-refractivity contribution in [3.8, 4) is 11.5 Å². The average molecular weight is 494 g/mol. The number of carbonyl (C=O) groups excluding carboxylic acids is 1. The predicted molar refractivity (Wildman–Crippen MR) is 136 cm³/mol. The van der Waals surface area contributed by atoms with Crippen molar-refractivity contribution in [3.05, 3.63) is 77.9 Å². The van der Waals surface area contributed by atoms with E-state index in [1.54, 1.807) is 74.9 Å². The molecular formula is C26H27N3O5S. The number of sulfonamides is 1. The van der Waals surface area contributed by atoms with Crippen molar-refractivity contribution < 1.29 is 22.7 Å². The fourth-order valence-electron chi connectivity index (χ4n) is 3.78. The molecule has 0 aromatic heterocycles. The first-order valence-electron chi connectivity index (χ1n) is 11.2. The Morgan fingerprint density at radius 1 is 0.943 bits per heavy atom. The number of methoxy groups -OCH3 is 2. The molecule has 3 aromatic carbocycles. The number of benzene rings is 3. The average Bonchev–Trinajstić information content (AvgIpc) is 2.88. The Morgan fingerprint density at radius 2 is 1.57 bits per heavy atom. The lowest BCUT2D eigenvalue weighted by Gasteiger charge is -2.31. The van der Waals surface area contributed by atoms with Crippen molar-refractivity contribution in [3.63, 3.8) is 0 Å². The molecule has 0 fully saturated rings. The second-order valence-corrected chi connectivity index (χ2v) is 9.56. The van der Waals surface area contributed by atoms with Crippen LogP contribution >= 0.6 is 0 Å². The monoisotopic (exact) mass is 493 g/mol. The van der Waals surface area contributed by atoms with Crippen LogP contribution in [0.5, 0.6) is 11.5 Å². The number of anilines is 2. The van der Waals surface area contributed by atoms with Crippen LogP contribution in [0, 0.1) is 0 Å². The van der Waals surface area contributed by atoms with Crippen molar-refractivity contribution in [2.45, 2.75) is 24.7 Å². The van der Waals surface area contributed by atoms with E-state index in [4.69, 9.17) is 9.47 Å². The third-order valence-corrected chi connectivity index (χ3v) is 6.98. The van der Waals surface area contributed by atoms with Crippen LogP contribution in [0.1, 0.15) is 35.7 Å². The SMILES string of the molecule is CCCCN1C(c2ccc(OC)cc2)=NS(=O)(=O)c2cc(NC(=O)c3ccc(OC)cc3)ccc21. The summed E-state index contributed by atoms with van der Waals surface area (Å²) in [7, 11) is -0.871. The van der Waals surface area contributed by atoms with Crippen molar-refractivity contribution in [2.24, 2.45) is 4.40 Å². The van der Waals surface area contributed by atoms with Gasteiger partial charge in [0, 0.05) is 23.4 Å². The van der Waals surface area contributed by atoms with Crippen molar-refractivity contribution in [1.82, 2.24) is 0 Å². The number of fused-ring (bicyclic) bond motifs is 1. The van der Waals surface area contributed by atoms with E-state index in [1.165, 1.54) is 6.07 Å². The van der Waals surface area contributed by atoms with Gasteiger partial charge in [-0.1, -0.05) is 13.3 Å². The molecule has 1 amide bonds. The molecule has 8 nitrogen and oxygen atoms in total. The summed E-state index contributed by atoms with van der Waals surface area (Å²) in [6, 6.07) is 18.7. The summed E-state index contributed by atoms with van der Waals surface area (Å²) in [6.45, 7) is 2.67. The summed E-state index contributed by atoms with van der Waals surface area (Å²) < 4.78 is 40.9. The van der Waals surface area contributed by atoms with Crippen LogP contribution in [0.15, 0.2) is 76.0 Å². The van der Waals surface area contributed by atoms with E-state index in [2.05, 4.69) is 16.6 Å². The van der Waals surface area contributed by atoms with Crippen LogP contribution < -0.4 is 19.7 Å². The topological polar surface area (TPSA) is 97.3 Å². The van der Waals surface area contributed by atoms with E-state index in [9.17, 15) is 13.2 Å². The van der Waals surface area contributed by atoms with Gasteiger partial charge in [-0.15, -0.1) is 4.40 Å². The maximum absolute atomic E-state index is 13.2. The summed E-state index contributed by atoms with van der Waals surface area (Å²) in [5, 5.41) is 2.77. The molecule has 0 atom stereocenters. The molecule has 0 radical (unpaired) electrons. The molecule has 0 saturated carbocycles. The Bertz CT molecular complexity index is 1350. The molecule has 0 unspecified atom stereocenters. The quantitative estimate of drug-likeness (QED) is 0.488. The number of rotatable bonds is 8. The zero-order valence-electron chi connectivity index (χ0n) is 19.8. The molecule has 1 aliphatic heterocycles. The van der Waals surface area contributed by atoms with Crippen LogP contribution in [-0.2, 0) is 10.0 Å². The van der Waals surface area contributed by atoms with Crippen LogP contribution in [0.2, 0.25) is 0 Å². The number of amides is 1. The zero-order chi connectivity index (χ0) is 25.0. The van der Waals surface area contributed by atoms with Crippen LogP contribution in [0.25, 0.3) is 0 Å². The lowest BCUT2D eigenvalue weighted by atomic mass is 10.1. The van der Waals surface area contributed by atoms with Crippen molar-refractivity contribution >= 4 is 33.1 Å². The van der Waals surface area contributed by atoms with Gasteiger partial charge in [0.15, 0.2) is 5.84 Å². The van der Waals surface area contributed by atoms with Gasteiger partial charge in [-0.05, 0) is 73.2 Å². The van der Waals surface area contributed by atoms with E-state index < -0.39 is 10.0 Å². The Kier molecular flexibility index (Phi) is 7.07. The Labute approximate surface area is 205 Å². The van der Waals surface area contributed by atoms with Crippen LogP contribution in [-0.4, -0.2) is 40.9 Å². The maximum atomic E-state index is 13.2. The number of unbranched alkanes of at least 4 members (excludes halogenated alkanes) is 1. The van der Waals surface area contributed by atoms with Crippen molar-refractivity contribution in [1.29, 1.82) is 0 Å². The van der Waals surface area contributed by atoms with Gasteiger partial charge in [0.25, 0.3) is 15.9 Å². The number of amidine groups is 1. The van der Waals surface area contributed by atoms with Crippen LogP contribution in [0.4, 0.5) is 11.4 Å². The predicted octanol–water partition coefficient (Wildman–Crippen LogP) is 4.71. The molecule has 0 aliphatic carbocycles. The summed E-state index contributed by atoms with van der Waals surface area (Å²) in [6.07, 6.45) is 1.79. The Hall–Kier alpha value is -3.85. The van der Waals surface area contributed by atoms with Gasteiger partial charge >= 0.3 is 0 Å². The van der Waals surface area contributed by atoms with Gasteiger partial charge in [0.05, 0.1) is 19.9 Å². The third-order valence-electron chi connectivity index (χ3n) is 5.68. The lowest BCUT2D eigenvalue weighted by Crippen LogP contribution is -2.37. The van der Waals surface area contributed by atoms with Gasteiger partial charge in [-0.3, -0.25) is 4.79 Å². The number of nitrogens with one attached hydrogen (secondary N) is 1. The second kappa shape index (κ2) is 10.2. The Morgan fingerprint density at radius 3 is 2.17 bits per heavy atom. The van der Waals surface area contributed by atoms with Crippen molar-refractivity contribution in [2.75, 3.05) is 31.0 Å². The number of hydrogen-bond donors (Lipinski definition) is 1. The summed E-state index contributed by atoms with van der Waals surface area (Å²) in [4.78, 5) is 14.7. The molecule has 1 heterocycles. The van der Waals surface area contributed by atoms with E-state index in [-0.39, 0.29) is 10.8 Å².